The monoisotopic (exact) mass is 461 g/mol. The van der Waals surface area contributed by atoms with E-state index in [1.54, 1.807) is 48.5 Å². The van der Waals surface area contributed by atoms with Crippen LogP contribution in [0.1, 0.15) is 78.7 Å². The summed E-state index contributed by atoms with van der Waals surface area (Å²) < 4.78 is 54.3. The van der Waals surface area contributed by atoms with Gasteiger partial charge in [-0.3, -0.25) is 4.68 Å². The minimum atomic E-state index is -4.62. The van der Waals surface area contributed by atoms with Crippen molar-refractivity contribution >= 4 is 19.0 Å². The van der Waals surface area contributed by atoms with Crippen LogP contribution in [0.3, 0.4) is 0 Å². The Balaban J connectivity index is 2.23. The summed E-state index contributed by atoms with van der Waals surface area (Å²) in [5, 5.41) is 14.5. The van der Waals surface area contributed by atoms with E-state index in [0.717, 1.165) is 4.68 Å². The molecule has 1 aromatic heterocycles. The number of hydrogen-bond donors (Lipinski definition) is 1. The molecule has 1 aliphatic heterocycles. The van der Waals surface area contributed by atoms with Crippen molar-refractivity contribution in [1.82, 2.24) is 14.7 Å². The molecule has 1 aliphatic rings. The second kappa shape index (κ2) is 8.89. The number of aliphatic hydroxyl groups is 1. The molecule has 2 heterocycles. The second-order valence-corrected chi connectivity index (χ2v) is 10.4. The summed E-state index contributed by atoms with van der Waals surface area (Å²) in [5.74, 6) is 0. The molecule has 182 valence electrons. The maximum Gasteiger partial charge on any atom is 0.432 e. The summed E-state index contributed by atoms with van der Waals surface area (Å²) in [6.45, 7) is 13.8. The lowest BCUT2D eigenvalue weighted by atomic mass is 9.81. The Morgan fingerprint density at radius 1 is 1.09 bits per heavy atom. The van der Waals surface area contributed by atoms with Gasteiger partial charge in [-0.15, -0.1) is 0 Å². The van der Waals surface area contributed by atoms with Gasteiger partial charge >= 0.3 is 19.8 Å². The highest BCUT2D eigenvalue weighted by Crippen LogP contribution is 2.34. The van der Waals surface area contributed by atoms with Crippen molar-refractivity contribution in [2.45, 2.75) is 97.3 Å². The van der Waals surface area contributed by atoms with Crippen LogP contribution in [0.2, 0.25) is 0 Å². The first-order chi connectivity index (χ1) is 14.3. The highest BCUT2D eigenvalue weighted by molar-refractivity contribution is 6.48. The quantitative estimate of drug-likeness (QED) is 0.681. The average molecular weight is 461 g/mol. The smallest absolute Gasteiger partial charge is 0.432 e. The zero-order chi connectivity index (χ0) is 24.7. The van der Waals surface area contributed by atoms with Gasteiger partial charge in [0.05, 0.1) is 22.9 Å². The Morgan fingerprint density at radius 3 is 2.06 bits per heavy atom. The summed E-state index contributed by atoms with van der Waals surface area (Å²) in [4.78, 5) is 13.8. The highest BCUT2D eigenvalue weighted by Gasteiger charge is 2.43. The summed E-state index contributed by atoms with van der Waals surface area (Å²) in [6, 6.07) is -0.500. The second-order valence-electron chi connectivity index (χ2n) is 10.4. The average Bonchev–Trinajstić information content (AvgIpc) is 2.94. The maximum atomic E-state index is 14.1. The number of hydrogen-bond acceptors (Lipinski definition) is 5. The van der Waals surface area contributed by atoms with Crippen LogP contribution in [0.5, 0.6) is 0 Å². The summed E-state index contributed by atoms with van der Waals surface area (Å²) in [6.07, 6.45) is -4.43. The zero-order valence-corrected chi connectivity index (χ0v) is 20.3. The van der Waals surface area contributed by atoms with Gasteiger partial charge in [-0.05, 0) is 68.2 Å². The van der Waals surface area contributed by atoms with Crippen LogP contribution in [-0.4, -0.2) is 63.3 Å². The van der Waals surface area contributed by atoms with Gasteiger partial charge in [-0.2, -0.15) is 18.3 Å². The summed E-state index contributed by atoms with van der Waals surface area (Å²) in [7, 11) is -0.325. The third kappa shape index (κ3) is 6.18. The number of aromatic nitrogens is 2. The van der Waals surface area contributed by atoms with Gasteiger partial charge in [-0.1, -0.05) is 0 Å². The molecule has 0 unspecified atom stereocenters. The molecule has 1 N–H and O–H groups in total. The van der Waals surface area contributed by atoms with Crippen LogP contribution in [0, 0.1) is 6.92 Å². The number of alkyl halides is 3. The molecule has 0 spiro atoms. The predicted octanol–water partition coefficient (Wildman–Crippen LogP) is 3.33. The Hall–Kier alpha value is -1.75. The molecule has 11 heteroatoms. The van der Waals surface area contributed by atoms with E-state index in [2.05, 4.69) is 5.10 Å². The number of rotatable bonds is 5. The number of carbonyl (C=O) groups is 1. The minimum Gasteiger partial charge on any atom is -0.444 e. The topological polar surface area (TPSA) is 76.8 Å². The molecule has 0 atom stereocenters. The fraction of sp³-hybridized carbons (Fsp3) is 0.810. The molecule has 0 aliphatic carbocycles. The van der Waals surface area contributed by atoms with E-state index >= 15 is 0 Å². The SMILES string of the molecule is Cc1nn(C2CCN(C(=O)OC(C)(C)C)CC2)c(C(F)(F)F)c1BOC(C)(C)C(C)(C)O. The summed E-state index contributed by atoms with van der Waals surface area (Å²) in [5.41, 5.74) is -3.59. The third-order valence-corrected chi connectivity index (χ3v) is 5.99. The normalized spacial score (nSPS) is 16.9. The van der Waals surface area contributed by atoms with Gasteiger partial charge in [-0.25, -0.2) is 4.79 Å². The number of halogens is 3. The van der Waals surface area contributed by atoms with E-state index in [0.29, 0.717) is 12.8 Å². The van der Waals surface area contributed by atoms with Crippen LogP contribution < -0.4 is 5.46 Å². The van der Waals surface area contributed by atoms with Gasteiger partial charge < -0.3 is 19.4 Å². The standard InChI is InChI=1S/C21H35BF3N3O4/c1-13-15(22-32-20(7,8)19(5,6)30)16(21(23,24)25)28(26-13)14-9-11-27(12-10-14)17(29)31-18(2,3)4/h14,22,30H,9-12H2,1-8H3. The van der Waals surface area contributed by atoms with Gasteiger partial charge in [0.2, 0.25) is 0 Å². The Morgan fingerprint density at radius 2 is 1.62 bits per heavy atom. The van der Waals surface area contributed by atoms with Gasteiger partial charge in [0.1, 0.15) is 11.3 Å². The van der Waals surface area contributed by atoms with Crippen LogP contribution in [-0.2, 0) is 15.6 Å². The van der Waals surface area contributed by atoms with Gasteiger partial charge in [0, 0.05) is 18.6 Å². The Kier molecular flexibility index (Phi) is 7.36. The fourth-order valence-corrected chi connectivity index (χ4v) is 3.37. The van der Waals surface area contributed by atoms with Crippen LogP contribution in [0.15, 0.2) is 0 Å². The molecule has 0 bridgehead atoms. The molecule has 1 saturated heterocycles. The van der Waals surface area contributed by atoms with Crippen molar-refractivity contribution in [3.63, 3.8) is 0 Å². The fourth-order valence-electron chi connectivity index (χ4n) is 3.37. The molecule has 1 aromatic rings. The molecule has 32 heavy (non-hydrogen) atoms. The van der Waals surface area contributed by atoms with E-state index in [9.17, 15) is 23.1 Å². The van der Waals surface area contributed by atoms with Crippen LogP contribution in [0.4, 0.5) is 18.0 Å². The first-order valence-corrected chi connectivity index (χ1v) is 10.8. The minimum absolute atomic E-state index is 0.0376. The Labute approximate surface area is 188 Å². The molecule has 0 saturated carbocycles. The number of carbonyl (C=O) groups excluding carboxylic acids is 1. The lowest BCUT2D eigenvalue weighted by molar-refractivity contribution is -0.144. The van der Waals surface area contributed by atoms with Crippen molar-refractivity contribution < 1.29 is 32.5 Å². The number of piperidine rings is 1. The van der Waals surface area contributed by atoms with E-state index in [-0.39, 0.29) is 31.7 Å². The molecule has 1 fully saturated rings. The molecule has 1 amide bonds. The van der Waals surface area contributed by atoms with Crippen molar-refractivity contribution in [3.8, 4) is 0 Å². The molecular weight excluding hydrogens is 426 g/mol. The number of ether oxygens (including phenoxy) is 1. The molecule has 2 rings (SSSR count). The van der Waals surface area contributed by atoms with Crippen LogP contribution >= 0.6 is 0 Å². The van der Waals surface area contributed by atoms with Crippen molar-refractivity contribution in [2.75, 3.05) is 13.1 Å². The van der Waals surface area contributed by atoms with Crippen LogP contribution in [0.25, 0.3) is 0 Å². The highest BCUT2D eigenvalue weighted by atomic mass is 19.4. The first kappa shape index (κ1) is 26.5. The number of nitrogens with zero attached hydrogens (tertiary/aromatic N) is 3. The van der Waals surface area contributed by atoms with Gasteiger partial charge in [0.25, 0.3) is 0 Å². The predicted molar refractivity (Wildman–Crippen MR) is 116 cm³/mol. The molecular formula is C21H35BF3N3O4. The van der Waals surface area contributed by atoms with E-state index in [1.807, 2.05) is 0 Å². The molecule has 7 nitrogen and oxygen atoms in total. The van der Waals surface area contributed by atoms with E-state index in [4.69, 9.17) is 9.39 Å². The number of aryl methyl sites for hydroxylation is 1. The van der Waals surface area contributed by atoms with E-state index < -0.39 is 40.8 Å². The van der Waals surface area contributed by atoms with Crippen molar-refractivity contribution in [2.24, 2.45) is 0 Å². The first-order valence-electron chi connectivity index (χ1n) is 10.8. The van der Waals surface area contributed by atoms with E-state index in [1.165, 1.54) is 11.8 Å². The largest absolute Gasteiger partial charge is 0.444 e. The molecule has 0 radical (unpaired) electrons. The third-order valence-electron chi connectivity index (χ3n) is 5.99. The van der Waals surface area contributed by atoms with Crippen molar-refractivity contribution in [1.29, 1.82) is 0 Å². The number of likely N-dealkylation sites (tertiary alicyclic amines) is 1. The molecule has 0 aromatic carbocycles. The van der Waals surface area contributed by atoms with Gasteiger partial charge in [0.15, 0.2) is 0 Å². The maximum absolute atomic E-state index is 14.1. The van der Waals surface area contributed by atoms with Crippen molar-refractivity contribution in [3.05, 3.63) is 11.4 Å². The number of amides is 1. The lowest BCUT2D eigenvalue weighted by Gasteiger charge is -2.37. The summed E-state index contributed by atoms with van der Waals surface area (Å²) >= 11 is 0. The lowest BCUT2D eigenvalue weighted by Crippen LogP contribution is -2.49. The Bertz CT molecular complexity index is 818. The zero-order valence-electron chi connectivity index (χ0n) is 20.3.